The highest BCUT2D eigenvalue weighted by Crippen LogP contribution is 2.00. The van der Waals surface area contributed by atoms with E-state index in [1.54, 1.807) is 12.4 Å². The van der Waals surface area contributed by atoms with Crippen LogP contribution in [0, 0.1) is 11.8 Å². The highest BCUT2D eigenvalue weighted by molar-refractivity contribution is 7.80. The topological polar surface area (TPSA) is 33.1 Å². The van der Waals surface area contributed by atoms with Gasteiger partial charge < -0.3 is 5.11 Å². The summed E-state index contributed by atoms with van der Waals surface area (Å²) in [7, 11) is 0. The fraction of sp³-hybridized carbons (Fsp3) is 0.300. The molecule has 3 heteroatoms. The van der Waals surface area contributed by atoms with Gasteiger partial charge in [0.1, 0.15) is 0 Å². The predicted molar refractivity (Wildman–Crippen MR) is 55.5 cm³/mol. The second-order valence-corrected chi connectivity index (χ2v) is 2.96. The van der Waals surface area contributed by atoms with Gasteiger partial charge in [0.15, 0.2) is 0 Å². The second-order valence-electron chi connectivity index (χ2n) is 2.52. The molecule has 0 unspecified atom stereocenters. The van der Waals surface area contributed by atoms with Gasteiger partial charge >= 0.3 is 0 Å². The van der Waals surface area contributed by atoms with Crippen LogP contribution in [0.3, 0.4) is 0 Å². The molecule has 0 aromatic carbocycles. The SMILES string of the molecule is OCc1cncc(C#CCCS)c1. The van der Waals surface area contributed by atoms with Gasteiger partial charge in [-0.05, 0) is 11.6 Å². The Kier molecular flexibility index (Phi) is 4.37. The Morgan fingerprint density at radius 2 is 2.31 bits per heavy atom. The smallest absolute Gasteiger partial charge is 0.0697 e. The van der Waals surface area contributed by atoms with Crippen LogP contribution in [0.15, 0.2) is 18.5 Å². The van der Waals surface area contributed by atoms with E-state index in [2.05, 4.69) is 29.5 Å². The maximum Gasteiger partial charge on any atom is 0.0697 e. The Morgan fingerprint density at radius 1 is 1.46 bits per heavy atom. The van der Waals surface area contributed by atoms with Crippen molar-refractivity contribution >= 4 is 12.6 Å². The van der Waals surface area contributed by atoms with Gasteiger partial charge in [-0.25, -0.2) is 0 Å². The van der Waals surface area contributed by atoms with Crippen LogP contribution in [0.1, 0.15) is 17.5 Å². The summed E-state index contributed by atoms with van der Waals surface area (Å²) in [4.78, 5) is 3.95. The minimum absolute atomic E-state index is 0.00902. The van der Waals surface area contributed by atoms with E-state index >= 15 is 0 Å². The van der Waals surface area contributed by atoms with Gasteiger partial charge in [0.2, 0.25) is 0 Å². The fourth-order valence-corrected chi connectivity index (χ4v) is 0.975. The lowest BCUT2D eigenvalue weighted by molar-refractivity contribution is 0.281. The fourth-order valence-electron chi connectivity index (χ4n) is 0.863. The maximum atomic E-state index is 8.83. The number of rotatable bonds is 2. The van der Waals surface area contributed by atoms with Crippen LogP contribution in [0.2, 0.25) is 0 Å². The Labute approximate surface area is 83.4 Å². The maximum absolute atomic E-state index is 8.83. The molecule has 0 fully saturated rings. The molecule has 0 aliphatic rings. The van der Waals surface area contributed by atoms with Crippen molar-refractivity contribution < 1.29 is 5.11 Å². The molecule has 0 spiro atoms. The highest BCUT2D eigenvalue weighted by Gasteiger charge is 1.91. The summed E-state index contributed by atoms with van der Waals surface area (Å²) in [5.41, 5.74) is 1.63. The minimum Gasteiger partial charge on any atom is -0.392 e. The van der Waals surface area contributed by atoms with Crippen LogP contribution in [0.5, 0.6) is 0 Å². The van der Waals surface area contributed by atoms with Crippen molar-refractivity contribution in [1.29, 1.82) is 0 Å². The summed E-state index contributed by atoms with van der Waals surface area (Å²) in [5, 5.41) is 8.83. The van der Waals surface area contributed by atoms with E-state index in [0.717, 1.165) is 23.3 Å². The molecule has 0 amide bonds. The number of hydrogen-bond acceptors (Lipinski definition) is 3. The first-order valence-corrected chi connectivity index (χ1v) is 4.64. The molecule has 0 saturated heterocycles. The second kappa shape index (κ2) is 5.63. The minimum atomic E-state index is 0.00902. The molecule has 0 saturated carbocycles. The summed E-state index contributed by atoms with van der Waals surface area (Å²) in [6, 6.07) is 1.83. The molecule has 0 radical (unpaired) electrons. The third kappa shape index (κ3) is 3.49. The molecule has 0 aliphatic heterocycles. The summed E-state index contributed by atoms with van der Waals surface area (Å²) in [6.07, 6.45) is 4.08. The van der Waals surface area contributed by atoms with E-state index in [-0.39, 0.29) is 6.61 Å². The van der Waals surface area contributed by atoms with Gasteiger partial charge in [0, 0.05) is 30.1 Å². The van der Waals surface area contributed by atoms with Crippen molar-refractivity contribution in [2.45, 2.75) is 13.0 Å². The molecule has 0 bridgehead atoms. The van der Waals surface area contributed by atoms with Crippen LogP contribution in [-0.2, 0) is 6.61 Å². The first kappa shape index (κ1) is 10.1. The van der Waals surface area contributed by atoms with Gasteiger partial charge in [-0.1, -0.05) is 11.8 Å². The Bertz CT molecular complexity index is 327. The molecule has 1 heterocycles. The van der Waals surface area contributed by atoms with Crippen LogP contribution >= 0.6 is 12.6 Å². The van der Waals surface area contributed by atoms with E-state index in [0.29, 0.717) is 0 Å². The largest absolute Gasteiger partial charge is 0.392 e. The van der Waals surface area contributed by atoms with Gasteiger partial charge in [-0.2, -0.15) is 12.6 Å². The van der Waals surface area contributed by atoms with Crippen molar-refractivity contribution in [2.24, 2.45) is 0 Å². The van der Waals surface area contributed by atoms with Crippen molar-refractivity contribution in [1.82, 2.24) is 4.98 Å². The molecule has 68 valence electrons. The molecule has 1 aromatic heterocycles. The first-order valence-electron chi connectivity index (χ1n) is 4.01. The molecular weight excluding hydrogens is 182 g/mol. The Balaban J connectivity index is 2.73. The lowest BCUT2D eigenvalue weighted by Crippen LogP contribution is -1.86. The number of aliphatic hydroxyl groups excluding tert-OH is 1. The molecule has 2 nitrogen and oxygen atoms in total. The Hall–Kier alpha value is -0.980. The summed E-state index contributed by atoms with van der Waals surface area (Å²) >= 11 is 4.05. The van der Waals surface area contributed by atoms with Gasteiger partial charge in [0.05, 0.1) is 6.61 Å². The van der Waals surface area contributed by atoms with Crippen molar-refractivity contribution in [3.8, 4) is 11.8 Å². The van der Waals surface area contributed by atoms with E-state index in [1.165, 1.54) is 0 Å². The molecule has 1 rings (SSSR count). The molecular formula is C10H11NOS. The zero-order valence-corrected chi connectivity index (χ0v) is 8.09. The quantitative estimate of drug-likeness (QED) is 0.547. The van der Waals surface area contributed by atoms with Crippen LogP contribution in [-0.4, -0.2) is 15.8 Å². The average Bonchev–Trinajstić information content (AvgIpc) is 2.19. The zero-order valence-electron chi connectivity index (χ0n) is 7.20. The number of nitrogens with zero attached hydrogens (tertiary/aromatic N) is 1. The zero-order chi connectivity index (χ0) is 9.52. The van der Waals surface area contributed by atoms with Crippen molar-refractivity contribution in [3.05, 3.63) is 29.6 Å². The number of aromatic nitrogens is 1. The Morgan fingerprint density at radius 3 is 3.00 bits per heavy atom. The van der Waals surface area contributed by atoms with Gasteiger partial charge in [-0.3, -0.25) is 4.98 Å². The molecule has 0 aliphatic carbocycles. The molecule has 1 aromatic rings. The van der Waals surface area contributed by atoms with Gasteiger partial charge in [-0.15, -0.1) is 0 Å². The number of aliphatic hydroxyl groups is 1. The number of hydrogen-bond donors (Lipinski definition) is 2. The van der Waals surface area contributed by atoms with Crippen molar-refractivity contribution in [3.63, 3.8) is 0 Å². The lowest BCUT2D eigenvalue weighted by atomic mass is 10.2. The van der Waals surface area contributed by atoms with E-state index in [9.17, 15) is 0 Å². The third-order valence-corrected chi connectivity index (χ3v) is 1.67. The van der Waals surface area contributed by atoms with Crippen LogP contribution in [0.25, 0.3) is 0 Å². The van der Waals surface area contributed by atoms with Gasteiger partial charge in [0.25, 0.3) is 0 Å². The molecule has 1 N–H and O–H groups in total. The van der Waals surface area contributed by atoms with E-state index in [1.807, 2.05) is 6.07 Å². The monoisotopic (exact) mass is 193 g/mol. The van der Waals surface area contributed by atoms with E-state index in [4.69, 9.17) is 5.11 Å². The number of thiol groups is 1. The van der Waals surface area contributed by atoms with Crippen molar-refractivity contribution in [2.75, 3.05) is 5.75 Å². The highest BCUT2D eigenvalue weighted by atomic mass is 32.1. The average molecular weight is 193 g/mol. The lowest BCUT2D eigenvalue weighted by Gasteiger charge is -1.94. The van der Waals surface area contributed by atoms with E-state index < -0.39 is 0 Å². The normalized spacial score (nSPS) is 9.08. The standard InChI is InChI=1S/C10H11NOS/c12-8-10-5-9(6-11-7-10)3-1-2-4-13/h5-7,12-13H,2,4,8H2. The third-order valence-electron chi connectivity index (χ3n) is 1.45. The summed E-state index contributed by atoms with van der Waals surface area (Å²) < 4.78 is 0. The molecule has 13 heavy (non-hydrogen) atoms. The number of pyridine rings is 1. The molecule has 0 atom stereocenters. The van der Waals surface area contributed by atoms with Crippen LogP contribution in [0.4, 0.5) is 0 Å². The summed E-state index contributed by atoms with van der Waals surface area (Å²) in [5.74, 6) is 6.67. The first-order chi connectivity index (χ1) is 6.36. The van der Waals surface area contributed by atoms with Crippen LogP contribution < -0.4 is 0 Å². The summed E-state index contributed by atoms with van der Waals surface area (Å²) in [6.45, 7) is 0.00902. The predicted octanol–water partition coefficient (Wildman–Crippen LogP) is 1.25.